The van der Waals surface area contributed by atoms with E-state index < -0.39 is 6.04 Å². The van der Waals surface area contributed by atoms with Crippen molar-refractivity contribution in [3.63, 3.8) is 0 Å². The van der Waals surface area contributed by atoms with Crippen molar-refractivity contribution in [2.45, 2.75) is 77.0 Å². The van der Waals surface area contributed by atoms with Gasteiger partial charge < -0.3 is 20.7 Å². The first kappa shape index (κ1) is 19.2. The Morgan fingerprint density at radius 2 is 1.88 bits per heavy atom. The van der Waals surface area contributed by atoms with E-state index in [0.717, 1.165) is 32.3 Å². The van der Waals surface area contributed by atoms with Gasteiger partial charge in [-0.15, -0.1) is 0 Å². The van der Waals surface area contributed by atoms with E-state index in [-0.39, 0.29) is 36.4 Å². The molecule has 6 nitrogen and oxygen atoms in total. The Morgan fingerprint density at radius 1 is 1.17 bits per heavy atom. The minimum atomic E-state index is -0.479. The molecule has 2 amide bonds. The van der Waals surface area contributed by atoms with Gasteiger partial charge >= 0.3 is 0 Å². The fourth-order valence-electron chi connectivity index (χ4n) is 3.83. The summed E-state index contributed by atoms with van der Waals surface area (Å²) in [4.78, 5) is 27.0. The minimum Gasteiger partial charge on any atom is -0.376 e. The van der Waals surface area contributed by atoms with Crippen molar-refractivity contribution in [1.29, 1.82) is 0 Å². The second-order valence-corrected chi connectivity index (χ2v) is 7.42. The zero-order valence-electron chi connectivity index (χ0n) is 15.1. The van der Waals surface area contributed by atoms with Gasteiger partial charge in [-0.3, -0.25) is 9.59 Å². The molecule has 2 aliphatic rings. The Hall–Kier alpha value is -1.14. The lowest BCUT2D eigenvalue weighted by Crippen LogP contribution is -2.57. The Kier molecular flexibility index (Phi) is 7.49. The van der Waals surface area contributed by atoms with Crippen LogP contribution in [0.5, 0.6) is 0 Å². The van der Waals surface area contributed by atoms with Crippen LogP contribution in [0.4, 0.5) is 0 Å². The third kappa shape index (κ3) is 5.18. The van der Waals surface area contributed by atoms with Crippen molar-refractivity contribution < 1.29 is 14.3 Å². The number of carbonyl (C=O) groups excluding carboxylic acids is 2. The quantitative estimate of drug-likeness (QED) is 0.735. The van der Waals surface area contributed by atoms with Gasteiger partial charge in [0.15, 0.2) is 0 Å². The van der Waals surface area contributed by atoms with Gasteiger partial charge in [-0.2, -0.15) is 0 Å². The van der Waals surface area contributed by atoms with E-state index in [1.54, 1.807) is 4.90 Å². The van der Waals surface area contributed by atoms with Crippen LogP contribution in [0.2, 0.25) is 0 Å². The standard InChI is InChI=1S/C18H33N3O3/c1-13(2)17(18(23)20-14-7-4-3-5-8-14)21(16(22)11-19)12-15-9-6-10-24-15/h13-15,17H,3-12,19H2,1-2H3,(H,20,23)/t15-,17?/m1/s1. The molecule has 0 aromatic rings. The number of amides is 2. The molecule has 3 N–H and O–H groups in total. The number of ether oxygens (including phenoxy) is 1. The van der Waals surface area contributed by atoms with Gasteiger partial charge in [-0.1, -0.05) is 33.1 Å². The summed E-state index contributed by atoms with van der Waals surface area (Å²) in [6, 6.07) is -0.239. The highest BCUT2D eigenvalue weighted by atomic mass is 16.5. The summed E-state index contributed by atoms with van der Waals surface area (Å²) in [7, 11) is 0. The van der Waals surface area contributed by atoms with Crippen LogP contribution in [-0.4, -0.2) is 54.6 Å². The number of hydrogen-bond acceptors (Lipinski definition) is 4. The number of nitrogens with one attached hydrogen (secondary N) is 1. The van der Waals surface area contributed by atoms with E-state index in [9.17, 15) is 9.59 Å². The van der Waals surface area contributed by atoms with Crippen LogP contribution in [0.1, 0.15) is 58.8 Å². The zero-order valence-corrected chi connectivity index (χ0v) is 15.1. The van der Waals surface area contributed by atoms with Crippen molar-refractivity contribution in [2.75, 3.05) is 19.7 Å². The topological polar surface area (TPSA) is 84.7 Å². The molecule has 2 fully saturated rings. The molecule has 1 unspecified atom stereocenters. The van der Waals surface area contributed by atoms with Crippen LogP contribution in [0.3, 0.4) is 0 Å². The van der Waals surface area contributed by atoms with Crippen LogP contribution >= 0.6 is 0 Å². The largest absolute Gasteiger partial charge is 0.376 e. The molecule has 1 aliphatic heterocycles. The van der Waals surface area contributed by atoms with Crippen molar-refractivity contribution in [2.24, 2.45) is 11.7 Å². The molecule has 0 aromatic carbocycles. The van der Waals surface area contributed by atoms with Gasteiger partial charge in [0.2, 0.25) is 11.8 Å². The molecule has 1 heterocycles. The van der Waals surface area contributed by atoms with Crippen LogP contribution in [0.15, 0.2) is 0 Å². The van der Waals surface area contributed by atoms with Crippen molar-refractivity contribution >= 4 is 11.8 Å². The molecule has 2 atom stereocenters. The first-order valence-corrected chi connectivity index (χ1v) is 9.44. The van der Waals surface area contributed by atoms with Crippen LogP contribution in [0.25, 0.3) is 0 Å². The Bertz CT molecular complexity index is 416. The molecule has 1 aliphatic carbocycles. The second kappa shape index (κ2) is 9.37. The number of nitrogens with zero attached hydrogens (tertiary/aromatic N) is 1. The van der Waals surface area contributed by atoms with E-state index in [2.05, 4.69) is 5.32 Å². The van der Waals surface area contributed by atoms with Gasteiger partial charge in [-0.25, -0.2) is 0 Å². The Labute approximate surface area is 145 Å². The van der Waals surface area contributed by atoms with E-state index in [1.807, 2.05) is 13.8 Å². The Balaban J connectivity index is 2.06. The molecule has 0 bridgehead atoms. The fraction of sp³-hybridized carbons (Fsp3) is 0.889. The average Bonchev–Trinajstić information content (AvgIpc) is 3.07. The van der Waals surface area contributed by atoms with E-state index >= 15 is 0 Å². The van der Waals surface area contributed by atoms with Gasteiger partial charge in [0, 0.05) is 19.2 Å². The molecule has 2 rings (SSSR count). The first-order chi connectivity index (χ1) is 11.5. The van der Waals surface area contributed by atoms with Gasteiger partial charge in [0.05, 0.1) is 12.6 Å². The summed E-state index contributed by atoms with van der Waals surface area (Å²) in [5, 5.41) is 3.17. The Morgan fingerprint density at radius 3 is 2.42 bits per heavy atom. The molecule has 24 heavy (non-hydrogen) atoms. The predicted octanol–water partition coefficient (Wildman–Crippen LogP) is 1.43. The molecule has 138 valence electrons. The van der Waals surface area contributed by atoms with Crippen LogP contribution in [0, 0.1) is 5.92 Å². The van der Waals surface area contributed by atoms with Gasteiger partial charge in [0.1, 0.15) is 6.04 Å². The van der Waals surface area contributed by atoms with Gasteiger partial charge in [-0.05, 0) is 31.6 Å². The molecule has 6 heteroatoms. The van der Waals surface area contributed by atoms with E-state index in [4.69, 9.17) is 10.5 Å². The average molecular weight is 339 g/mol. The van der Waals surface area contributed by atoms with E-state index in [0.29, 0.717) is 6.54 Å². The normalized spacial score (nSPS) is 23.2. The van der Waals surface area contributed by atoms with Gasteiger partial charge in [0.25, 0.3) is 0 Å². The first-order valence-electron chi connectivity index (χ1n) is 9.44. The maximum atomic E-state index is 12.9. The van der Waals surface area contributed by atoms with Crippen molar-refractivity contribution in [3.05, 3.63) is 0 Å². The lowest BCUT2D eigenvalue weighted by atomic mass is 9.94. The highest BCUT2D eigenvalue weighted by Crippen LogP contribution is 2.21. The third-order valence-corrected chi connectivity index (χ3v) is 5.11. The minimum absolute atomic E-state index is 0.0178. The maximum absolute atomic E-state index is 12.9. The fourth-order valence-corrected chi connectivity index (χ4v) is 3.83. The summed E-state index contributed by atoms with van der Waals surface area (Å²) in [5.74, 6) is -0.190. The van der Waals surface area contributed by atoms with Crippen LogP contribution in [-0.2, 0) is 14.3 Å². The molecule has 1 saturated carbocycles. The lowest BCUT2D eigenvalue weighted by molar-refractivity contribution is -0.143. The van der Waals surface area contributed by atoms with Crippen molar-refractivity contribution in [1.82, 2.24) is 10.2 Å². The smallest absolute Gasteiger partial charge is 0.243 e. The summed E-state index contributed by atoms with van der Waals surface area (Å²) in [6.45, 7) is 5.08. The lowest BCUT2D eigenvalue weighted by Gasteiger charge is -2.36. The predicted molar refractivity (Wildman–Crippen MR) is 93.4 cm³/mol. The molecular formula is C18H33N3O3. The highest BCUT2D eigenvalue weighted by molar-refractivity contribution is 5.88. The molecular weight excluding hydrogens is 306 g/mol. The molecule has 0 spiro atoms. The number of hydrogen-bond donors (Lipinski definition) is 2. The zero-order chi connectivity index (χ0) is 17.5. The molecule has 1 saturated heterocycles. The number of carbonyl (C=O) groups is 2. The summed E-state index contributed by atoms with van der Waals surface area (Å²) in [5.41, 5.74) is 5.61. The second-order valence-electron chi connectivity index (χ2n) is 7.42. The van der Waals surface area contributed by atoms with Crippen LogP contribution < -0.4 is 11.1 Å². The number of nitrogens with two attached hydrogens (primary N) is 1. The maximum Gasteiger partial charge on any atom is 0.243 e. The summed E-state index contributed by atoms with van der Waals surface area (Å²) in [6.07, 6.45) is 7.61. The summed E-state index contributed by atoms with van der Waals surface area (Å²) >= 11 is 0. The van der Waals surface area contributed by atoms with Crippen molar-refractivity contribution in [3.8, 4) is 0 Å². The highest BCUT2D eigenvalue weighted by Gasteiger charge is 2.35. The van der Waals surface area contributed by atoms with E-state index in [1.165, 1.54) is 19.3 Å². The SMILES string of the molecule is CC(C)C(C(=O)NC1CCCCC1)N(C[C@H]1CCCO1)C(=O)CN. The number of rotatable bonds is 7. The molecule has 0 aromatic heterocycles. The molecule has 0 radical (unpaired) electrons. The summed E-state index contributed by atoms with van der Waals surface area (Å²) < 4.78 is 5.67. The monoisotopic (exact) mass is 339 g/mol. The third-order valence-electron chi connectivity index (χ3n) is 5.11.